The quantitative estimate of drug-likeness (QED) is 0.209. The Kier molecular flexibility index (Phi) is 7.00. The topological polar surface area (TPSA) is 241 Å². The van der Waals surface area contributed by atoms with Crippen LogP contribution in [0.5, 0.6) is 0 Å². The van der Waals surface area contributed by atoms with E-state index in [2.05, 4.69) is 35.0 Å². The normalized spacial score (nSPS) is 39.0. The van der Waals surface area contributed by atoms with Crippen LogP contribution in [0.25, 0.3) is 11.2 Å². The van der Waals surface area contributed by atoms with Gasteiger partial charge < -0.3 is 35.7 Å². The molecule has 2 unspecified atom stereocenters. The zero-order chi connectivity index (χ0) is 30.3. The van der Waals surface area contributed by atoms with Crippen molar-refractivity contribution < 1.29 is 40.3 Å². The summed E-state index contributed by atoms with van der Waals surface area (Å²) in [5, 5.41) is 2.83. The molecule has 3 fully saturated rings. The second kappa shape index (κ2) is 10.4. The number of ether oxygens (including phenoxy) is 2. The van der Waals surface area contributed by atoms with Crippen LogP contribution in [0.15, 0.2) is 24.0 Å². The van der Waals surface area contributed by atoms with E-state index in [4.69, 9.17) is 41.5 Å². The van der Waals surface area contributed by atoms with E-state index < -0.39 is 84.9 Å². The maximum absolute atomic E-state index is 16.2. The molecule has 3 aromatic rings. The fourth-order valence-corrected chi connectivity index (χ4v) is 9.09. The van der Waals surface area contributed by atoms with Crippen LogP contribution in [-0.2, 0) is 40.3 Å². The molecular formula is C20H24F2N11O7PS2. The Hall–Kier alpha value is -2.79. The average molecular weight is 664 g/mol. The van der Waals surface area contributed by atoms with Crippen molar-refractivity contribution in [2.45, 2.75) is 54.9 Å². The van der Waals surface area contributed by atoms with E-state index in [1.807, 2.05) is 0 Å². The summed E-state index contributed by atoms with van der Waals surface area (Å²) < 4.78 is 85.1. The molecule has 7 heterocycles. The van der Waals surface area contributed by atoms with Crippen molar-refractivity contribution >= 4 is 57.7 Å². The number of imidazole rings is 2. The van der Waals surface area contributed by atoms with E-state index in [1.54, 1.807) is 0 Å². The number of nitrogens with two attached hydrogens (primary N) is 2. The Morgan fingerprint density at radius 1 is 1.07 bits per heavy atom. The van der Waals surface area contributed by atoms with Crippen molar-refractivity contribution in [2.24, 2.45) is 10.7 Å². The van der Waals surface area contributed by atoms with Crippen LogP contribution in [0, 0.1) is 0 Å². The lowest BCUT2D eigenvalue weighted by Crippen LogP contribution is -2.47. The van der Waals surface area contributed by atoms with Gasteiger partial charge in [0.15, 0.2) is 42.8 Å². The maximum atomic E-state index is 16.2. The Bertz CT molecular complexity index is 1760. The standard InChI is InChI=1S/C20H24F2N11O7PS2/c21-9-11-7(39-19(9)32-5-29-12-15(23)25-3-27-17(12)32)1-37-41(34,42)14-8(2-38-43(35,36)31-11)40-20(10(14)22)33-6-30-13-16(24)26-4-28-18(13)33/h3-11,14,16,19-20,31H,1-2,24H2,(H,26,28)(H,34,42)(H2,23,25,27)/t7-,8-,9-,10-,11-,14-,16?,19-,20+,41?/m1/s1. The lowest BCUT2D eigenvalue weighted by molar-refractivity contribution is -0.0332. The molecule has 7 N–H and O–H groups in total. The predicted molar refractivity (Wildman–Crippen MR) is 147 cm³/mol. The summed E-state index contributed by atoms with van der Waals surface area (Å²) in [6.07, 6.45) is -5.49. The van der Waals surface area contributed by atoms with Gasteiger partial charge in [-0.15, -0.1) is 0 Å². The van der Waals surface area contributed by atoms with Gasteiger partial charge in [0.25, 0.3) is 0 Å². The summed E-state index contributed by atoms with van der Waals surface area (Å²) in [7, 11) is -4.68. The van der Waals surface area contributed by atoms with Crippen LogP contribution >= 0.6 is 6.49 Å². The molecule has 10 atom stereocenters. The Morgan fingerprint density at radius 3 is 2.63 bits per heavy atom. The molecule has 0 spiro atoms. The van der Waals surface area contributed by atoms with E-state index in [1.165, 1.54) is 28.1 Å². The number of nitrogens with zero attached hydrogens (tertiary/aromatic N) is 7. The highest BCUT2D eigenvalue weighted by Crippen LogP contribution is 2.58. The van der Waals surface area contributed by atoms with Gasteiger partial charge in [-0.1, -0.05) is 0 Å². The third-order valence-corrected chi connectivity index (χ3v) is 11.5. The van der Waals surface area contributed by atoms with E-state index in [-0.39, 0.29) is 17.0 Å². The van der Waals surface area contributed by atoms with Gasteiger partial charge in [-0.3, -0.25) is 18.3 Å². The maximum Gasteiger partial charge on any atom is 0.336 e. The van der Waals surface area contributed by atoms with Gasteiger partial charge in [0.1, 0.15) is 35.6 Å². The highest BCUT2D eigenvalue weighted by atomic mass is 32.5. The molecule has 7 rings (SSSR count). The van der Waals surface area contributed by atoms with Crippen LogP contribution in [-0.4, -0.2) is 98.2 Å². The highest BCUT2D eigenvalue weighted by molar-refractivity contribution is 8.09. The summed E-state index contributed by atoms with van der Waals surface area (Å²) in [4.78, 5) is 31.5. The third kappa shape index (κ3) is 4.81. The van der Waals surface area contributed by atoms with Gasteiger partial charge >= 0.3 is 10.3 Å². The molecule has 3 aromatic heterocycles. The molecule has 0 amide bonds. The lowest BCUT2D eigenvalue weighted by atomic mass is 10.1. The fourth-order valence-electron chi connectivity index (χ4n) is 5.54. The molecule has 4 aliphatic heterocycles. The summed E-state index contributed by atoms with van der Waals surface area (Å²) in [5.41, 5.74) is 10.8. The monoisotopic (exact) mass is 663 g/mol. The molecule has 3 saturated heterocycles. The van der Waals surface area contributed by atoms with Gasteiger partial charge in [0.05, 0.1) is 50.0 Å². The number of nitrogen functional groups attached to an aromatic ring is 1. The zero-order valence-corrected chi connectivity index (χ0v) is 24.1. The van der Waals surface area contributed by atoms with Crippen molar-refractivity contribution in [3.63, 3.8) is 0 Å². The Balaban J connectivity index is 1.18. The minimum Gasteiger partial charge on any atom is -0.382 e. The molecule has 4 aliphatic rings. The molecule has 0 radical (unpaired) electrons. The van der Waals surface area contributed by atoms with Crippen molar-refractivity contribution in [3.05, 3.63) is 24.7 Å². The Labute approximate surface area is 246 Å². The summed E-state index contributed by atoms with van der Waals surface area (Å²) in [6.45, 7) is -5.51. The fraction of sp³-hybridized carbons (Fsp3) is 0.550. The number of hydrogen-bond acceptors (Lipinski definition) is 15. The smallest absolute Gasteiger partial charge is 0.336 e. The number of nitrogens with one attached hydrogen (secondary N) is 2. The zero-order valence-electron chi connectivity index (χ0n) is 21.6. The second-order valence-corrected chi connectivity index (χ2v) is 15.0. The number of aromatic nitrogens is 6. The van der Waals surface area contributed by atoms with E-state index >= 15 is 8.78 Å². The van der Waals surface area contributed by atoms with Crippen molar-refractivity contribution in [1.29, 1.82) is 0 Å². The minimum absolute atomic E-state index is 0.0428. The van der Waals surface area contributed by atoms with Crippen LogP contribution in [0.2, 0.25) is 0 Å². The Morgan fingerprint density at radius 2 is 1.81 bits per heavy atom. The van der Waals surface area contributed by atoms with Crippen LogP contribution in [0.3, 0.4) is 0 Å². The SMILES string of the molecule is Nc1ncnc2c1ncn2[C@@H]1O[C@@H]2COP(O)(=S)[C@H]3[C@@H](F)[C@@H](n4cnc5c4NC=NC5N)O[C@@H]3COS(=O)(=O)N[C@H]2[C@H]1F. The van der Waals surface area contributed by atoms with Crippen LogP contribution in [0.4, 0.5) is 20.4 Å². The van der Waals surface area contributed by atoms with Crippen molar-refractivity contribution in [3.8, 4) is 0 Å². The second-order valence-electron chi connectivity index (χ2n) is 10.1. The van der Waals surface area contributed by atoms with Crippen LogP contribution in [0.1, 0.15) is 24.3 Å². The first-order valence-electron chi connectivity index (χ1n) is 12.7. The summed E-state index contributed by atoms with van der Waals surface area (Å²) in [5.74, 6) is 0.334. The number of hydrogen-bond donors (Lipinski definition) is 5. The summed E-state index contributed by atoms with van der Waals surface area (Å²) >= 11 is 5.38. The van der Waals surface area contributed by atoms with E-state index in [9.17, 15) is 13.3 Å². The van der Waals surface area contributed by atoms with Gasteiger partial charge in [0, 0.05) is 0 Å². The first-order chi connectivity index (χ1) is 20.4. The molecule has 43 heavy (non-hydrogen) atoms. The van der Waals surface area contributed by atoms with Crippen molar-refractivity contribution in [2.75, 3.05) is 24.3 Å². The van der Waals surface area contributed by atoms with Crippen LogP contribution < -0.4 is 21.5 Å². The highest BCUT2D eigenvalue weighted by Gasteiger charge is 2.56. The number of rotatable bonds is 2. The van der Waals surface area contributed by atoms with E-state index in [0.717, 1.165) is 6.33 Å². The minimum atomic E-state index is -4.68. The van der Waals surface area contributed by atoms with Gasteiger partial charge in [0.2, 0.25) is 0 Å². The molecule has 0 aliphatic carbocycles. The molecule has 0 bridgehead atoms. The molecule has 232 valence electrons. The molecule has 18 nitrogen and oxygen atoms in total. The molecule has 0 aromatic carbocycles. The number of halogens is 2. The van der Waals surface area contributed by atoms with Crippen molar-refractivity contribution in [1.82, 2.24) is 33.8 Å². The number of aliphatic imine (C=N–C) groups is 1. The summed E-state index contributed by atoms with van der Waals surface area (Å²) in [6, 6.07) is -1.57. The van der Waals surface area contributed by atoms with Gasteiger partial charge in [-0.2, -0.15) is 13.1 Å². The number of anilines is 2. The largest absolute Gasteiger partial charge is 0.382 e. The first-order valence-corrected chi connectivity index (χ1v) is 16.9. The van der Waals surface area contributed by atoms with Gasteiger partial charge in [-0.05, 0) is 11.8 Å². The van der Waals surface area contributed by atoms with E-state index in [0.29, 0.717) is 11.5 Å². The predicted octanol–water partition coefficient (Wildman–Crippen LogP) is -0.892. The third-order valence-electron chi connectivity index (χ3n) is 7.57. The molecular weight excluding hydrogens is 639 g/mol. The van der Waals surface area contributed by atoms with Gasteiger partial charge in [-0.25, -0.2) is 28.7 Å². The number of alkyl halides is 2. The number of fused-ring (bicyclic) bond motifs is 4. The average Bonchev–Trinajstić information content (AvgIpc) is 3.71. The lowest BCUT2D eigenvalue weighted by Gasteiger charge is -2.28. The molecule has 0 saturated carbocycles. The molecule has 23 heteroatoms. The first kappa shape index (κ1) is 29.0.